The number of rotatable bonds is 2. The van der Waals surface area contributed by atoms with Crippen molar-refractivity contribution in [2.45, 2.75) is 12.8 Å². The van der Waals surface area contributed by atoms with Crippen LogP contribution < -0.4 is 4.90 Å². The third-order valence-electron chi connectivity index (χ3n) is 3.45. The number of aromatic carboxylic acids is 1. The van der Waals surface area contributed by atoms with Crippen molar-refractivity contribution in [2.75, 3.05) is 11.4 Å². The molecule has 0 radical (unpaired) electrons. The van der Waals surface area contributed by atoms with Crippen molar-refractivity contribution < 1.29 is 14.7 Å². The van der Waals surface area contributed by atoms with Gasteiger partial charge in [0.05, 0.1) is 12.4 Å². The molecule has 21 heavy (non-hydrogen) atoms. The first-order chi connectivity index (χ1) is 10.2. The van der Waals surface area contributed by atoms with Crippen LogP contribution in [0.5, 0.6) is 0 Å². The van der Waals surface area contributed by atoms with Gasteiger partial charge in [0.25, 0.3) is 5.91 Å². The Morgan fingerprint density at radius 3 is 2.52 bits per heavy atom. The van der Waals surface area contributed by atoms with E-state index in [2.05, 4.69) is 9.97 Å². The number of fused-ring (bicyclic) bond motifs is 1. The van der Waals surface area contributed by atoms with Gasteiger partial charge >= 0.3 is 5.97 Å². The molecular formula is C15H13N3O3. The number of hydrogen-bond acceptors (Lipinski definition) is 4. The van der Waals surface area contributed by atoms with E-state index in [1.807, 2.05) is 24.3 Å². The molecule has 1 aromatic carbocycles. The zero-order chi connectivity index (χ0) is 14.8. The highest BCUT2D eigenvalue weighted by Gasteiger charge is 2.24. The minimum absolute atomic E-state index is 0.150. The number of para-hydroxylation sites is 1. The van der Waals surface area contributed by atoms with E-state index in [1.54, 1.807) is 4.90 Å². The monoisotopic (exact) mass is 283 g/mol. The highest BCUT2D eigenvalue weighted by molar-refractivity contribution is 6.05. The first kappa shape index (κ1) is 13.2. The van der Waals surface area contributed by atoms with Crippen LogP contribution in [0.4, 0.5) is 5.69 Å². The fraction of sp³-hybridized carbons (Fsp3) is 0.200. The number of nitrogens with zero attached hydrogens (tertiary/aromatic N) is 3. The molecule has 3 rings (SSSR count). The molecule has 2 heterocycles. The SMILES string of the molecule is O=C(O)c1cnc(C(=O)N2CCCc3ccccc32)cn1. The second kappa shape index (κ2) is 5.32. The molecule has 0 aliphatic carbocycles. The predicted molar refractivity (Wildman–Crippen MR) is 75.4 cm³/mol. The molecule has 0 spiro atoms. The Morgan fingerprint density at radius 1 is 1.10 bits per heavy atom. The van der Waals surface area contributed by atoms with Crippen LogP contribution in [-0.4, -0.2) is 33.5 Å². The summed E-state index contributed by atoms with van der Waals surface area (Å²) in [6.45, 7) is 0.623. The number of aromatic nitrogens is 2. The van der Waals surface area contributed by atoms with Gasteiger partial charge in [0.1, 0.15) is 5.69 Å². The largest absolute Gasteiger partial charge is 0.476 e. The van der Waals surface area contributed by atoms with Crippen LogP contribution in [0, 0.1) is 0 Å². The third-order valence-corrected chi connectivity index (χ3v) is 3.45. The van der Waals surface area contributed by atoms with Gasteiger partial charge in [0, 0.05) is 12.2 Å². The first-order valence-corrected chi connectivity index (χ1v) is 6.62. The van der Waals surface area contributed by atoms with Crippen LogP contribution in [0.2, 0.25) is 0 Å². The molecule has 1 aromatic heterocycles. The van der Waals surface area contributed by atoms with Crippen molar-refractivity contribution in [1.82, 2.24) is 9.97 Å². The molecule has 0 unspecified atom stereocenters. The summed E-state index contributed by atoms with van der Waals surface area (Å²) in [6, 6.07) is 7.76. The van der Waals surface area contributed by atoms with E-state index in [0.29, 0.717) is 6.54 Å². The smallest absolute Gasteiger partial charge is 0.356 e. The highest BCUT2D eigenvalue weighted by Crippen LogP contribution is 2.27. The normalized spacial score (nSPS) is 13.6. The summed E-state index contributed by atoms with van der Waals surface area (Å²) in [7, 11) is 0. The Kier molecular flexibility index (Phi) is 3.35. The molecular weight excluding hydrogens is 270 g/mol. The predicted octanol–water partition coefficient (Wildman–Crippen LogP) is 1.77. The summed E-state index contributed by atoms with van der Waals surface area (Å²) in [5.41, 5.74) is 1.99. The summed E-state index contributed by atoms with van der Waals surface area (Å²) in [4.78, 5) is 32.6. The van der Waals surface area contributed by atoms with Crippen LogP contribution >= 0.6 is 0 Å². The minimum atomic E-state index is -1.16. The summed E-state index contributed by atoms with van der Waals surface area (Å²) >= 11 is 0. The van der Waals surface area contributed by atoms with Gasteiger partial charge in [0.2, 0.25) is 0 Å². The molecule has 6 nitrogen and oxygen atoms in total. The second-order valence-electron chi connectivity index (χ2n) is 4.78. The van der Waals surface area contributed by atoms with E-state index in [0.717, 1.165) is 30.3 Å². The molecule has 1 amide bonds. The van der Waals surface area contributed by atoms with Crippen molar-refractivity contribution in [1.29, 1.82) is 0 Å². The van der Waals surface area contributed by atoms with E-state index in [1.165, 1.54) is 6.20 Å². The minimum Gasteiger partial charge on any atom is -0.476 e. The van der Waals surface area contributed by atoms with Gasteiger partial charge in [-0.3, -0.25) is 4.79 Å². The number of amides is 1. The lowest BCUT2D eigenvalue weighted by Crippen LogP contribution is -2.36. The molecule has 2 aromatic rings. The number of benzene rings is 1. The number of hydrogen-bond donors (Lipinski definition) is 1. The number of carboxylic acids is 1. The topological polar surface area (TPSA) is 83.4 Å². The first-order valence-electron chi connectivity index (χ1n) is 6.62. The molecule has 0 saturated heterocycles. The lowest BCUT2D eigenvalue weighted by atomic mass is 10.0. The van der Waals surface area contributed by atoms with E-state index >= 15 is 0 Å². The molecule has 0 bridgehead atoms. The number of carbonyl (C=O) groups is 2. The van der Waals surface area contributed by atoms with Gasteiger partial charge in [-0.1, -0.05) is 18.2 Å². The number of aryl methyl sites for hydroxylation is 1. The van der Waals surface area contributed by atoms with Crippen LogP contribution in [0.3, 0.4) is 0 Å². The highest BCUT2D eigenvalue weighted by atomic mass is 16.4. The molecule has 0 fully saturated rings. The lowest BCUT2D eigenvalue weighted by molar-refractivity contribution is 0.0689. The molecule has 1 N–H and O–H groups in total. The summed E-state index contributed by atoms with van der Waals surface area (Å²) in [6.07, 6.45) is 4.15. The average Bonchev–Trinajstić information content (AvgIpc) is 2.53. The lowest BCUT2D eigenvalue weighted by Gasteiger charge is -2.29. The van der Waals surface area contributed by atoms with Crippen molar-refractivity contribution >= 4 is 17.6 Å². The maximum absolute atomic E-state index is 12.5. The molecule has 1 aliphatic rings. The molecule has 6 heteroatoms. The van der Waals surface area contributed by atoms with Gasteiger partial charge in [0.15, 0.2) is 5.69 Å². The summed E-state index contributed by atoms with van der Waals surface area (Å²) in [5.74, 6) is -1.42. The van der Waals surface area contributed by atoms with Gasteiger partial charge in [-0.05, 0) is 24.5 Å². The Balaban J connectivity index is 1.91. The number of anilines is 1. The van der Waals surface area contributed by atoms with E-state index in [9.17, 15) is 9.59 Å². The third kappa shape index (κ3) is 2.47. The van der Waals surface area contributed by atoms with Crippen LogP contribution in [-0.2, 0) is 6.42 Å². The number of carboxylic acid groups (broad SMARTS) is 1. The van der Waals surface area contributed by atoms with E-state index in [-0.39, 0.29) is 17.3 Å². The molecule has 1 aliphatic heterocycles. The molecule has 0 atom stereocenters. The van der Waals surface area contributed by atoms with Gasteiger partial charge in [-0.2, -0.15) is 0 Å². The van der Waals surface area contributed by atoms with Gasteiger partial charge < -0.3 is 10.0 Å². The zero-order valence-corrected chi connectivity index (χ0v) is 11.2. The van der Waals surface area contributed by atoms with Crippen molar-refractivity contribution in [3.05, 3.63) is 53.6 Å². The average molecular weight is 283 g/mol. The summed E-state index contributed by atoms with van der Waals surface area (Å²) in [5, 5.41) is 8.80. The standard InChI is InChI=1S/C15H13N3O3/c19-14(11-8-17-12(9-16-11)15(20)21)18-7-3-5-10-4-1-2-6-13(10)18/h1-2,4,6,8-9H,3,5,7H2,(H,20,21). The molecule has 106 valence electrons. The van der Waals surface area contributed by atoms with Gasteiger partial charge in [-0.25, -0.2) is 14.8 Å². The second-order valence-corrected chi connectivity index (χ2v) is 4.78. The Labute approximate surface area is 121 Å². The van der Waals surface area contributed by atoms with E-state index < -0.39 is 5.97 Å². The van der Waals surface area contributed by atoms with Crippen molar-refractivity contribution in [2.24, 2.45) is 0 Å². The van der Waals surface area contributed by atoms with E-state index in [4.69, 9.17) is 5.11 Å². The van der Waals surface area contributed by atoms with Crippen molar-refractivity contribution in [3.8, 4) is 0 Å². The fourth-order valence-electron chi connectivity index (χ4n) is 2.43. The fourth-order valence-corrected chi connectivity index (χ4v) is 2.43. The van der Waals surface area contributed by atoms with Gasteiger partial charge in [-0.15, -0.1) is 0 Å². The van der Waals surface area contributed by atoms with Crippen molar-refractivity contribution in [3.63, 3.8) is 0 Å². The van der Waals surface area contributed by atoms with Crippen LogP contribution in [0.1, 0.15) is 33.0 Å². The Bertz CT molecular complexity index is 698. The number of carbonyl (C=O) groups excluding carboxylic acids is 1. The maximum atomic E-state index is 12.5. The van der Waals surface area contributed by atoms with Crippen LogP contribution in [0.25, 0.3) is 0 Å². The quantitative estimate of drug-likeness (QED) is 0.908. The summed E-state index contributed by atoms with van der Waals surface area (Å²) < 4.78 is 0. The Morgan fingerprint density at radius 2 is 1.81 bits per heavy atom. The Hall–Kier alpha value is -2.76. The maximum Gasteiger partial charge on any atom is 0.356 e. The zero-order valence-electron chi connectivity index (χ0n) is 11.2. The molecule has 0 saturated carbocycles. The van der Waals surface area contributed by atoms with Crippen LogP contribution in [0.15, 0.2) is 36.7 Å².